The lowest BCUT2D eigenvalue weighted by atomic mass is 9.79. The zero-order valence-electron chi connectivity index (χ0n) is 65.4. The molecule has 7 rings (SSSR count). The normalized spacial score (nSPS) is 10.2. The summed E-state index contributed by atoms with van der Waals surface area (Å²) in [5, 5.41) is 2.28. The second-order valence-electron chi connectivity index (χ2n) is 18.5. The number of hydrogen-bond acceptors (Lipinski definition) is 6. The highest BCUT2D eigenvalue weighted by Gasteiger charge is 2.51. The second kappa shape index (κ2) is 113. The quantitative estimate of drug-likeness (QED) is 0.161. The maximum absolute atomic E-state index is 6.28. The van der Waals surface area contributed by atoms with Crippen LogP contribution in [0.15, 0.2) is 126 Å². The van der Waals surface area contributed by atoms with Crippen molar-refractivity contribution in [3.05, 3.63) is 121 Å². The Hall–Kier alpha value is 18.1. The highest BCUT2D eigenvalue weighted by molar-refractivity contribution is 8.88. The minimum Gasteiger partial charge on any atom is -0.456 e. The number of benzene rings is 5. The van der Waals surface area contributed by atoms with Crippen LogP contribution in [-0.2, 0) is 920 Å². The van der Waals surface area contributed by atoms with Gasteiger partial charge < -0.3 is 18.6 Å². The Labute approximate surface area is 1120 Å². The summed E-state index contributed by atoms with van der Waals surface area (Å²) >= 11 is 9.66. The third kappa shape index (κ3) is 84.9. The van der Waals surface area contributed by atoms with E-state index in [4.69, 9.17) is 36.1 Å². The molecule has 0 amide bonds. The molecule has 0 saturated carbocycles. The number of fused-ring (bicyclic) bond motifs is 3. The summed E-state index contributed by atoms with van der Waals surface area (Å²) in [6.07, 6.45) is 0. The summed E-state index contributed by atoms with van der Waals surface area (Å²) in [6.45, 7) is 8.32. The first kappa shape index (κ1) is 150. The van der Waals surface area contributed by atoms with Crippen LogP contribution in [0.5, 0.6) is 0 Å². The lowest BCUT2D eigenvalue weighted by Gasteiger charge is -2.32. The Kier molecular flexibility index (Phi) is 119. The molecule has 0 bridgehead atoms. The lowest BCUT2D eigenvalue weighted by molar-refractivity contribution is 0.00578. The molecule has 814 valence electrons. The van der Waals surface area contributed by atoms with E-state index in [9.17, 15) is 0 Å². The third-order valence-electron chi connectivity index (χ3n) is 11.3. The average Bonchev–Trinajstić information content (AvgIpc) is 1.63. The zero-order chi connectivity index (χ0) is 101. The van der Waals surface area contributed by atoms with E-state index in [0.29, 0.717) is 0 Å². The molecule has 6 aromatic rings. The van der Waals surface area contributed by atoms with Crippen molar-refractivity contribution in [2.24, 2.45) is 0 Å². The number of anilines is 3. The van der Waals surface area contributed by atoms with Crippen molar-refractivity contribution < 1.29 is 13.7 Å². The van der Waals surface area contributed by atoms with Crippen molar-refractivity contribution in [1.29, 1.82) is 0 Å². The van der Waals surface area contributed by atoms with Crippen LogP contribution in [0.4, 0.5) is 17.1 Å². The molecule has 107 heteroatoms. The van der Waals surface area contributed by atoms with E-state index >= 15 is 0 Å². The summed E-state index contributed by atoms with van der Waals surface area (Å²) < 4.78 is 18.7. The molecular weight excluding hydrogens is 3780 g/mol. The molecule has 0 atom stereocenters. The van der Waals surface area contributed by atoms with Crippen molar-refractivity contribution in [2.45, 2.75) is 38.9 Å². The van der Waals surface area contributed by atoms with Crippen molar-refractivity contribution in [1.82, 2.24) is 0 Å². The Morgan fingerprint density at radius 2 is 0.371 bits per heavy atom. The molecule has 0 spiro atoms. The van der Waals surface area contributed by atoms with Crippen LogP contribution in [0.3, 0.4) is 0 Å². The molecular formula is C36H32BNO3S102. The molecule has 0 aliphatic carbocycles. The van der Waals surface area contributed by atoms with Gasteiger partial charge in [0, 0.05) is 938 Å². The lowest BCUT2D eigenvalue weighted by Crippen LogP contribution is -2.41. The first-order valence-electron chi connectivity index (χ1n) is 31.0. The molecule has 1 saturated heterocycles. The molecule has 1 aliphatic rings. The highest BCUT2D eigenvalue weighted by Crippen LogP contribution is 2.40. The van der Waals surface area contributed by atoms with Crippen LogP contribution in [0.2, 0.25) is 0 Å². The van der Waals surface area contributed by atoms with Gasteiger partial charge in [0.1, 0.15) is 11.2 Å². The Bertz CT molecular complexity index is 10600. The van der Waals surface area contributed by atoms with Gasteiger partial charge in [-0.3, -0.25) is 0 Å². The summed E-state index contributed by atoms with van der Waals surface area (Å²) in [5.74, 6) is 0. The maximum Gasteiger partial charge on any atom is 0.494 e. The van der Waals surface area contributed by atoms with Crippen molar-refractivity contribution in [2.75, 3.05) is 4.90 Å². The molecule has 5 aromatic carbocycles. The Morgan fingerprint density at radius 3 is 0.587 bits per heavy atom. The van der Waals surface area contributed by atoms with E-state index in [1.807, 2.05) is 788 Å². The molecule has 143 heavy (non-hydrogen) atoms. The predicted molar refractivity (Wildman–Crippen MR) is 921 cm³/mol. The summed E-state index contributed by atoms with van der Waals surface area (Å²) in [6, 6.07) is 42.2. The van der Waals surface area contributed by atoms with Gasteiger partial charge in [0.2, 0.25) is 0 Å². The van der Waals surface area contributed by atoms with Crippen molar-refractivity contribution in [3.63, 3.8) is 0 Å². The minimum atomic E-state index is -0.389. The van der Waals surface area contributed by atoms with E-state index < -0.39 is 0 Å². The number of rotatable bonds is 5. The topological polar surface area (TPSA) is 34.8 Å². The van der Waals surface area contributed by atoms with Gasteiger partial charge in [0.15, 0.2) is 0 Å². The summed E-state index contributed by atoms with van der Waals surface area (Å²) in [5.41, 5.74) is 7.61. The van der Waals surface area contributed by atoms with E-state index in [2.05, 4.69) is 130 Å². The fourth-order valence-corrected chi connectivity index (χ4v) is 276. The minimum absolute atomic E-state index is 0.374. The number of para-hydroxylation sites is 2. The molecule has 0 N–H and O–H groups in total. The van der Waals surface area contributed by atoms with Crippen molar-refractivity contribution in [3.8, 4) is 11.1 Å². The van der Waals surface area contributed by atoms with E-state index in [-0.39, 0.29) is 18.3 Å². The molecule has 0 radical (unpaired) electrons. The highest BCUT2D eigenvalue weighted by atomic mass is 33.6. The Morgan fingerprint density at radius 1 is 0.189 bits per heavy atom. The molecule has 1 fully saturated rings. The van der Waals surface area contributed by atoms with Gasteiger partial charge in [-0.2, -0.15) is 0 Å². The number of nitrogens with zero attached hydrogens (tertiary/aromatic N) is 1. The Balaban J connectivity index is 0.000000618. The fourth-order valence-electron chi connectivity index (χ4n) is 6.70. The van der Waals surface area contributed by atoms with Crippen LogP contribution < -0.4 is 10.4 Å². The molecule has 4 nitrogen and oxygen atoms in total. The SMILES string of the molecule is CC1(C)OB(c2ccc(N(c3ccccc3)c3ccc(-c4cccc5oc6ccccc6c45)cc3)cc2)OC1(C)C.S=S=S=S=S=S=S=S=S=S=S=S=S=S=S=S=S=S=S=S=S=S=S=S=S=S=S=S=S=S=S=S=S=S=S=S=S=S=S=S=S=S=S=S=S=S=S=S=S=S=S=S=S=S=S=S=S=S=S=S=S=S=S=S=S=S=S=S=S=S=S=S=S=S=S=S=S=S=S=S=S=S=S=S=S=S=S=S=S=S=S=S=S=S=S=S=S=S=S=S=S=S. The predicted octanol–water partition coefficient (Wildman–Crippen LogP) is 8.78. The standard InChI is InChI=1S/C36H32BNO3.S102/c1-35(2)36(3,4)41-37(40-35)26-19-23-29(24-20-26)38(27-11-6-5-7-12-27)28-21-17-25(18-22-28)30-14-10-16-33-34(30)31-13-8-9-15-32(31)39-33;1-3-5-7-9-11-13-15-17-19-21-23-25-27-29-31-33-35-37-39-41-43-45-47-49-51-53-55-57-59-61-63-65-67-69-71-73-75-77-79-81-83-85-87-89-91-93-95-97-99-101-102-100-98-96-94-92-90-88-86-84-82-80-78-76-74-72-70-68-66-64-62-60-58-56-54-52-50-48-46-44-42-40-38-36-34-32-30-28-26-24-22-20-18-16-14-12-10-8-6-4-2/h5-24H,1-4H3;. The average molecular weight is 3810 g/mol. The second-order valence-corrected chi connectivity index (χ2v) is 195. The number of hydrogen-bond donors (Lipinski definition) is 0. The van der Waals surface area contributed by atoms with Crippen LogP contribution in [-0.4, -0.2) is 18.3 Å². The third-order valence-corrected chi connectivity index (χ3v) is 231. The van der Waals surface area contributed by atoms with E-state index in [0.717, 1.165) is 55.6 Å². The van der Waals surface area contributed by atoms with Crippen LogP contribution >= 0.6 is 0 Å². The van der Waals surface area contributed by atoms with Crippen LogP contribution in [0, 0.1) is 0 Å². The number of furan rings is 1. The van der Waals surface area contributed by atoms with E-state index in [1.54, 1.807) is 107 Å². The van der Waals surface area contributed by atoms with Gasteiger partial charge in [-0.25, -0.2) is 0 Å². The zero-order valence-corrected chi connectivity index (χ0v) is 149. The van der Waals surface area contributed by atoms with E-state index in [1.165, 1.54) is 17.8 Å². The summed E-state index contributed by atoms with van der Waals surface area (Å²) in [4.78, 5) is 2.27. The van der Waals surface area contributed by atoms with Crippen molar-refractivity contribution >= 4 is 962 Å². The maximum atomic E-state index is 6.28. The summed E-state index contributed by atoms with van der Waals surface area (Å²) in [7, 11) is 181. The first-order chi connectivity index (χ1) is 70.7. The smallest absolute Gasteiger partial charge is 0.456 e. The molecule has 1 aromatic heterocycles. The molecule has 0 unspecified atom stereocenters. The van der Waals surface area contributed by atoms with Crippen LogP contribution in [0.1, 0.15) is 27.7 Å². The van der Waals surface area contributed by atoms with Crippen LogP contribution in [0.25, 0.3) is 33.1 Å². The van der Waals surface area contributed by atoms with Gasteiger partial charge >= 0.3 is 7.12 Å². The molecule has 2 heterocycles. The fraction of sp³-hybridized carbons (Fsp3) is 0.167. The van der Waals surface area contributed by atoms with Gasteiger partial charge in [0.05, 0.1) is 11.2 Å². The largest absolute Gasteiger partial charge is 0.494 e. The first-order valence-corrected chi connectivity index (χ1v) is 166. The van der Waals surface area contributed by atoms with Gasteiger partial charge in [0.25, 0.3) is 0 Å². The monoisotopic (exact) mass is 3800 g/mol. The van der Waals surface area contributed by atoms with Gasteiger partial charge in [-0.05, 0) is 92.8 Å². The molecule has 1 aliphatic heterocycles. The van der Waals surface area contributed by atoms with Gasteiger partial charge in [-0.1, -0.05) is 72.8 Å². The van der Waals surface area contributed by atoms with Gasteiger partial charge in [-0.15, -0.1) is 0 Å².